The topological polar surface area (TPSA) is 15.3 Å². The Kier molecular flexibility index (Phi) is 3.59. The fraction of sp³-hybridized carbons (Fsp3) is 0.600. The van der Waals surface area contributed by atoms with E-state index in [1.165, 1.54) is 0 Å². The number of hydrogen-bond donors (Lipinski definition) is 1. The summed E-state index contributed by atoms with van der Waals surface area (Å²) in [7, 11) is 1.89. The number of piperidine rings is 1. The molecule has 2 unspecified atom stereocenters. The molecule has 1 aromatic rings. The summed E-state index contributed by atoms with van der Waals surface area (Å²) >= 11 is 0. The molecular weight excluding hydrogens is 284 g/mol. The van der Waals surface area contributed by atoms with Crippen LogP contribution < -0.4 is 10.2 Å². The van der Waals surface area contributed by atoms with Gasteiger partial charge in [0.2, 0.25) is 0 Å². The Morgan fingerprint density at radius 1 is 1.14 bits per heavy atom. The summed E-state index contributed by atoms with van der Waals surface area (Å²) in [6.45, 7) is 0. The predicted octanol–water partition coefficient (Wildman–Crippen LogP) is 3.56. The first kappa shape index (κ1) is 14.6. The molecule has 0 saturated carbocycles. The zero-order chi connectivity index (χ0) is 15.2. The summed E-state index contributed by atoms with van der Waals surface area (Å²) in [5.74, 6) is -0.567. The summed E-state index contributed by atoms with van der Waals surface area (Å²) in [4.78, 5) is 1.87. The fourth-order valence-corrected chi connectivity index (χ4v) is 3.69. The van der Waals surface area contributed by atoms with Gasteiger partial charge in [-0.3, -0.25) is 0 Å². The molecule has 2 aliphatic rings. The first-order valence-electron chi connectivity index (χ1n) is 7.22. The van der Waals surface area contributed by atoms with E-state index in [-0.39, 0.29) is 17.8 Å². The number of halogens is 4. The molecule has 2 nitrogen and oxygen atoms in total. The highest BCUT2D eigenvalue weighted by molar-refractivity contribution is 5.54. The van der Waals surface area contributed by atoms with Crippen molar-refractivity contribution in [2.24, 2.45) is 0 Å². The summed E-state index contributed by atoms with van der Waals surface area (Å²) in [5, 5.41) is 3.23. The number of benzene rings is 1. The van der Waals surface area contributed by atoms with Crippen LogP contribution >= 0.6 is 0 Å². The molecule has 0 aromatic heterocycles. The van der Waals surface area contributed by atoms with Crippen LogP contribution in [0.25, 0.3) is 0 Å². The van der Waals surface area contributed by atoms with Gasteiger partial charge in [-0.2, -0.15) is 13.2 Å². The maximum Gasteiger partial charge on any atom is 0.416 e. The van der Waals surface area contributed by atoms with E-state index in [4.69, 9.17) is 0 Å². The van der Waals surface area contributed by atoms with Gasteiger partial charge in [-0.15, -0.1) is 0 Å². The summed E-state index contributed by atoms with van der Waals surface area (Å²) in [5.41, 5.74) is -0.680. The third-order valence-electron chi connectivity index (χ3n) is 4.69. The Morgan fingerprint density at radius 3 is 2.29 bits per heavy atom. The number of hydrogen-bond acceptors (Lipinski definition) is 2. The number of fused-ring (bicyclic) bond motifs is 2. The van der Waals surface area contributed by atoms with E-state index in [9.17, 15) is 17.6 Å². The van der Waals surface area contributed by atoms with Crippen molar-refractivity contribution in [2.75, 3.05) is 11.9 Å². The number of rotatable bonds is 2. The molecule has 0 radical (unpaired) electrons. The Labute approximate surface area is 121 Å². The summed E-state index contributed by atoms with van der Waals surface area (Å²) in [6.07, 6.45) is -0.909. The minimum absolute atomic E-state index is 0.104. The van der Waals surface area contributed by atoms with Crippen molar-refractivity contribution >= 4 is 5.69 Å². The van der Waals surface area contributed by atoms with E-state index in [1.807, 2.05) is 11.9 Å². The molecule has 2 fully saturated rings. The van der Waals surface area contributed by atoms with Crippen molar-refractivity contribution < 1.29 is 17.6 Å². The van der Waals surface area contributed by atoms with Crippen LogP contribution in [0.4, 0.5) is 23.2 Å². The van der Waals surface area contributed by atoms with Crippen LogP contribution in [0.1, 0.15) is 31.2 Å². The van der Waals surface area contributed by atoms with Crippen LogP contribution in [0.3, 0.4) is 0 Å². The molecule has 2 heterocycles. The van der Waals surface area contributed by atoms with E-state index < -0.39 is 17.6 Å². The van der Waals surface area contributed by atoms with Crippen LogP contribution in [-0.2, 0) is 6.18 Å². The first-order valence-corrected chi connectivity index (χ1v) is 7.22. The Morgan fingerprint density at radius 2 is 1.76 bits per heavy atom. The minimum Gasteiger partial charge on any atom is -0.363 e. The third-order valence-corrected chi connectivity index (χ3v) is 4.69. The highest BCUT2D eigenvalue weighted by atomic mass is 19.4. The molecule has 6 heteroatoms. The Bertz CT molecular complexity index is 515. The van der Waals surface area contributed by atoms with Crippen molar-refractivity contribution in [3.05, 3.63) is 29.6 Å². The van der Waals surface area contributed by atoms with Crippen molar-refractivity contribution in [1.82, 2.24) is 5.32 Å². The molecule has 1 N–H and O–H groups in total. The maximum absolute atomic E-state index is 14.1. The molecule has 21 heavy (non-hydrogen) atoms. The van der Waals surface area contributed by atoms with E-state index >= 15 is 0 Å². The second kappa shape index (κ2) is 5.16. The number of anilines is 1. The average Bonchev–Trinajstić information content (AvgIpc) is 2.68. The maximum atomic E-state index is 14.1. The highest BCUT2D eigenvalue weighted by Gasteiger charge is 2.42. The molecule has 1 aromatic carbocycles. The molecule has 2 atom stereocenters. The summed E-state index contributed by atoms with van der Waals surface area (Å²) < 4.78 is 52.6. The van der Waals surface area contributed by atoms with Gasteiger partial charge in [0, 0.05) is 18.1 Å². The van der Waals surface area contributed by atoms with Gasteiger partial charge in [0.1, 0.15) is 5.82 Å². The van der Waals surface area contributed by atoms with Crippen LogP contribution in [0.15, 0.2) is 18.2 Å². The third kappa shape index (κ3) is 2.61. The van der Waals surface area contributed by atoms with Gasteiger partial charge in [0.05, 0.1) is 11.3 Å². The zero-order valence-corrected chi connectivity index (χ0v) is 11.8. The van der Waals surface area contributed by atoms with E-state index in [2.05, 4.69) is 5.32 Å². The molecular formula is C15H18F4N2. The number of nitrogens with zero attached hydrogens (tertiary/aromatic N) is 1. The number of alkyl halides is 3. The van der Waals surface area contributed by atoms with Crippen molar-refractivity contribution in [2.45, 2.75) is 50.0 Å². The van der Waals surface area contributed by atoms with Crippen molar-refractivity contribution in [3.8, 4) is 0 Å². The number of nitrogens with one attached hydrogen (secondary N) is 1. The van der Waals surface area contributed by atoms with Gasteiger partial charge in [-0.25, -0.2) is 4.39 Å². The first-order chi connectivity index (χ1) is 9.90. The van der Waals surface area contributed by atoms with E-state index in [1.54, 1.807) is 0 Å². The lowest BCUT2D eigenvalue weighted by molar-refractivity contribution is -0.137. The van der Waals surface area contributed by atoms with Gasteiger partial charge in [-0.05, 0) is 50.9 Å². The van der Waals surface area contributed by atoms with Gasteiger partial charge >= 0.3 is 6.18 Å². The molecule has 0 amide bonds. The normalized spacial score (nSPS) is 29.0. The van der Waals surface area contributed by atoms with Crippen molar-refractivity contribution in [1.29, 1.82) is 0 Å². The van der Waals surface area contributed by atoms with Gasteiger partial charge < -0.3 is 10.2 Å². The minimum atomic E-state index is -4.44. The SMILES string of the molecule is CNC1CC2CCC(C1)N2c1cc(C(F)(F)F)ccc1F. The Balaban J connectivity index is 1.94. The zero-order valence-electron chi connectivity index (χ0n) is 11.8. The second-order valence-corrected chi connectivity index (χ2v) is 5.91. The lowest BCUT2D eigenvalue weighted by Gasteiger charge is -2.40. The highest BCUT2D eigenvalue weighted by Crippen LogP contribution is 2.42. The van der Waals surface area contributed by atoms with Crippen LogP contribution in [0, 0.1) is 5.82 Å². The lowest BCUT2D eigenvalue weighted by Crippen LogP contribution is -2.48. The monoisotopic (exact) mass is 302 g/mol. The molecule has 2 bridgehead atoms. The largest absolute Gasteiger partial charge is 0.416 e. The predicted molar refractivity (Wildman–Crippen MR) is 72.8 cm³/mol. The molecule has 0 spiro atoms. The quantitative estimate of drug-likeness (QED) is 0.840. The summed E-state index contributed by atoms with van der Waals surface area (Å²) in [6, 6.07) is 3.31. The standard InChI is InChI=1S/C15H18F4N2/c1-20-10-7-11-3-4-12(8-10)21(11)14-6-9(15(17,18)19)2-5-13(14)16/h2,5-6,10-12,20H,3-4,7-8H2,1H3. The van der Waals surface area contributed by atoms with Crippen LogP contribution in [-0.4, -0.2) is 25.2 Å². The van der Waals surface area contributed by atoms with Gasteiger partial charge in [0.15, 0.2) is 0 Å². The van der Waals surface area contributed by atoms with E-state index in [0.29, 0.717) is 6.04 Å². The molecule has 116 valence electrons. The smallest absolute Gasteiger partial charge is 0.363 e. The molecule has 2 saturated heterocycles. The average molecular weight is 302 g/mol. The second-order valence-electron chi connectivity index (χ2n) is 5.91. The van der Waals surface area contributed by atoms with Crippen molar-refractivity contribution in [3.63, 3.8) is 0 Å². The molecule has 2 aliphatic heterocycles. The lowest BCUT2D eigenvalue weighted by atomic mass is 9.96. The van der Waals surface area contributed by atoms with Gasteiger partial charge in [0.25, 0.3) is 0 Å². The molecule has 0 aliphatic carbocycles. The fourth-order valence-electron chi connectivity index (χ4n) is 3.69. The van der Waals surface area contributed by atoms with Crippen LogP contribution in [0.5, 0.6) is 0 Å². The molecule has 3 rings (SSSR count). The van der Waals surface area contributed by atoms with E-state index in [0.717, 1.165) is 43.9 Å². The van der Waals surface area contributed by atoms with Crippen LogP contribution in [0.2, 0.25) is 0 Å². The Hall–Kier alpha value is -1.30. The van der Waals surface area contributed by atoms with Gasteiger partial charge in [-0.1, -0.05) is 0 Å².